The molecule has 1 rings (SSSR count). The molecule has 96 valence electrons. The number of benzene rings is 1. The maximum absolute atomic E-state index is 13.1. The molecule has 0 aliphatic rings. The van der Waals surface area contributed by atoms with Gasteiger partial charge in [0.15, 0.2) is 11.6 Å². The predicted octanol–water partition coefficient (Wildman–Crippen LogP) is 3.40. The van der Waals surface area contributed by atoms with Crippen LogP contribution in [0.15, 0.2) is 18.2 Å². The molecule has 1 nitrogen and oxygen atoms in total. The van der Waals surface area contributed by atoms with Gasteiger partial charge < -0.3 is 5.32 Å². The number of rotatable bonds is 5. The molecule has 1 N–H and O–H groups in total. The van der Waals surface area contributed by atoms with Gasteiger partial charge in [-0.2, -0.15) is 13.2 Å². The smallest absolute Gasteiger partial charge is 0.313 e. The minimum Gasteiger partial charge on any atom is -0.313 e. The Morgan fingerprint density at radius 1 is 1.12 bits per heavy atom. The van der Waals surface area contributed by atoms with Crippen molar-refractivity contribution in [2.24, 2.45) is 0 Å². The highest BCUT2D eigenvalue weighted by atomic mass is 19.4. The Bertz CT molecular complexity index is 361. The normalized spacial score (nSPS) is 11.8. The average molecular weight is 253 g/mol. The fraction of sp³-hybridized carbons (Fsp3) is 0.455. The van der Waals surface area contributed by atoms with Crippen LogP contribution < -0.4 is 5.32 Å². The molecule has 0 amide bonds. The molecule has 0 radical (unpaired) electrons. The van der Waals surface area contributed by atoms with Crippen LogP contribution in [-0.4, -0.2) is 12.7 Å². The van der Waals surface area contributed by atoms with E-state index >= 15 is 0 Å². The maximum Gasteiger partial charge on any atom is 0.389 e. The minimum absolute atomic E-state index is 0.0153. The first-order valence-corrected chi connectivity index (χ1v) is 5.10. The second-order valence-electron chi connectivity index (χ2n) is 3.61. The van der Waals surface area contributed by atoms with Crippen LogP contribution in [0.4, 0.5) is 22.0 Å². The lowest BCUT2D eigenvalue weighted by atomic mass is 10.2. The van der Waals surface area contributed by atoms with E-state index in [0.29, 0.717) is 0 Å². The maximum atomic E-state index is 13.1. The number of hydrogen-bond acceptors (Lipinski definition) is 1. The topological polar surface area (TPSA) is 12.0 Å². The monoisotopic (exact) mass is 253 g/mol. The molecular weight excluding hydrogens is 241 g/mol. The van der Waals surface area contributed by atoms with E-state index in [9.17, 15) is 22.0 Å². The van der Waals surface area contributed by atoms with Crippen LogP contribution in [-0.2, 0) is 6.54 Å². The van der Waals surface area contributed by atoms with Crippen LogP contribution >= 0.6 is 0 Å². The zero-order valence-corrected chi connectivity index (χ0v) is 8.95. The van der Waals surface area contributed by atoms with Crippen LogP contribution in [0.2, 0.25) is 0 Å². The summed E-state index contributed by atoms with van der Waals surface area (Å²) >= 11 is 0. The first-order chi connectivity index (χ1) is 7.90. The van der Waals surface area contributed by atoms with Crippen molar-refractivity contribution in [1.29, 1.82) is 0 Å². The Balaban J connectivity index is 2.29. The molecule has 0 fully saturated rings. The summed E-state index contributed by atoms with van der Waals surface area (Å²) in [5, 5.41) is 2.64. The number of hydrogen-bond donors (Lipinski definition) is 1. The molecule has 0 aromatic heterocycles. The molecule has 17 heavy (non-hydrogen) atoms. The van der Waals surface area contributed by atoms with Crippen molar-refractivity contribution < 1.29 is 22.0 Å². The van der Waals surface area contributed by atoms with Crippen molar-refractivity contribution in [2.45, 2.75) is 25.6 Å². The van der Waals surface area contributed by atoms with Crippen LogP contribution in [0.3, 0.4) is 0 Å². The lowest BCUT2D eigenvalue weighted by Gasteiger charge is -2.08. The third-order valence-electron chi connectivity index (χ3n) is 2.16. The van der Waals surface area contributed by atoms with E-state index in [2.05, 4.69) is 5.32 Å². The summed E-state index contributed by atoms with van der Waals surface area (Å²) in [6.07, 6.45) is -5.14. The molecule has 0 bridgehead atoms. The highest BCUT2D eigenvalue weighted by Gasteiger charge is 2.25. The standard InChI is InChI=1S/C11H12F5N/c12-9-4-1-3-8(10(9)13)7-17-6-2-5-11(14,15)16/h1,3-4,17H,2,5-7H2. The van der Waals surface area contributed by atoms with Gasteiger partial charge in [-0.05, 0) is 19.0 Å². The second-order valence-corrected chi connectivity index (χ2v) is 3.61. The Morgan fingerprint density at radius 3 is 2.47 bits per heavy atom. The fourth-order valence-corrected chi connectivity index (χ4v) is 1.32. The molecule has 0 unspecified atom stereocenters. The van der Waals surface area contributed by atoms with Crippen molar-refractivity contribution >= 4 is 0 Å². The molecule has 1 aromatic carbocycles. The molecule has 1 aromatic rings. The number of halogens is 5. The summed E-state index contributed by atoms with van der Waals surface area (Å²) in [7, 11) is 0. The lowest BCUT2D eigenvalue weighted by Crippen LogP contribution is -2.18. The third-order valence-corrected chi connectivity index (χ3v) is 2.16. The summed E-state index contributed by atoms with van der Waals surface area (Å²) < 4.78 is 61.2. The Morgan fingerprint density at radius 2 is 1.82 bits per heavy atom. The van der Waals surface area contributed by atoms with Crippen molar-refractivity contribution in [3.8, 4) is 0 Å². The molecule has 0 saturated heterocycles. The van der Waals surface area contributed by atoms with Gasteiger partial charge in [-0.1, -0.05) is 12.1 Å². The van der Waals surface area contributed by atoms with E-state index in [4.69, 9.17) is 0 Å². The number of nitrogens with one attached hydrogen (secondary N) is 1. The Hall–Kier alpha value is -1.17. The van der Waals surface area contributed by atoms with Crippen LogP contribution in [0.25, 0.3) is 0 Å². The predicted molar refractivity (Wildman–Crippen MR) is 53.4 cm³/mol. The van der Waals surface area contributed by atoms with E-state index in [-0.39, 0.29) is 25.1 Å². The zero-order chi connectivity index (χ0) is 12.9. The third kappa shape index (κ3) is 5.12. The summed E-state index contributed by atoms with van der Waals surface area (Å²) in [4.78, 5) is 0. The van der Waals surface area contributed by atoms with Gasteiger partial charge in [-0.25, -0.2) is 8.78 Å². The second kappa shape index (κ2) is 5.95. The lowest BCUT2D eigenvalue weighted by molar-refractivity contribution is -0.135. The molecule has 0 aliphatic carbocycles. The van der Waals surface area contributed by atoms with E-state index in [1.54, 1.807) is 0 Å². The van der Waals surface area contributed by atoms with E-state index < -0.39 is 24.2 Å². The first-order valence-electron chi connectivity index (χ1n) is 5.10. The fourth-order valence-electron chi connectivity index (χ4n) is 1.32. The summed E-state index contributed by atoms with van der Waals surface area (Å²) in [5.41, 5.74) is 0.108. The Kier molecular flexibility index (Phi) is 4.86. The van der Waals surface area contributed by atoms with Gasteiger partial charge >= 0.3 is 6.18 Å². The number of alkyl halides is 3. The summed E-state index contributed by atoms with van der Waals surface area (Å²) in [6, 6.07) is 3.72. The van der Waals surface area contributed by atoms with Crippen LogP contribution in [0, 0.1) is 11.6 Å². The van der Waals surface area contributed by atoms with Gasteiger partial charge in [0.2, 0.25) is 0 Å². The Labute approximate surface area is 95.6 Å². The van der Waals surface area contributed by atoms with Crippen LogP contribution in [0.5, 0.6) is 0 Å². The van der Waals surface area contributed by atoms with Crippen LogP contribution in [0.1, 0.15) is 18.4 Å². The minimum atomic E-state index is -4.17. The quantitative estimate of drug-likeness (QED) is 0.626. The SMILES string of the molecule is Fc1cccc(CNCCCC(F)(F)F)c1F. The molecule has 6 heteroatoms. The molecule has 0 heterocycles. The molecule has 0 saturated carbocycles. The summed E-state index contributed by atoms with van der Waals surface area (Å²) in [5.74, 6) is -1.92. The van der Waals surface area contributed by atoms with E-state index in [0.717, 1.165) is 6.07 Å². The van der Waals surface area contributed by atoms with Gasteiger partial charge in [-0.15, -0.1) is 0 Å². The zero-order valence-electron chi connectivity index (χ0n) is 8.95. The average Bonchev–Trinajstić information content (AvgIpc) is 2.22. The largest absolute Gasteiger partial charge is 0.389 e. The van der Waals surface area contributed by atoms with Gasteiger partial charge in [0.05, 0.1) is 0 Å². The highest BCUT2D eigenvalue weighted by molar-refractivity contribution is 5.18. The first kappa shape index (κ1) is 13.9. The van der Waals surface area contributed by atoms with Gasteiger partial charge in [0.25, 0.3) is 0 Å². The van der Waals surface area contributed by atoms with Crippen molar-refractivity contribution in [1.82, 2.24) is 5.32 Å². The molecule has 0 aliphatic heterocycles. The summed E-state index contributed by atoms with van der Waals surface area (Å²) in [6.45, 7) is 0.122. The molecule has 0 atom stereocenters. The van der Waals surface area contributed by atoms with Gasteiger partial charge in [0, 0.05) is 18.5 Å². The highest BCUT2D eigenvalue weighted by Crippen LogP contribution is 2.20. The van der Waals surface area contributed by atoms with E-state index in [1.807, 2.05) is 0 Å². The van der Waals surface area contributed by atoms with Crippen molar-refractivity contribution in [3.63, 3.8) is 0 Å². The van der Waals surface area contributed by atoms with Gasteiger partial charge in [-0.3, -0.25) is 0 Å². The van der Waals surface area contributed by atoms with Crippen molar-refractivity contribution in [3.05, 3.63) is 35.4 Å². The molecular formula is C11H12F5N. The van der Waals surface area contributed by atoms with E-state index in [1.165, 1.54) is 12.1 Å². The molecule has 0 spiro atoms. The van der Waals surface area contributed by atoms with Crippen molar-refractivity contribution in [2.75, 3.05) is 6.54 Å². The van der Waals surface area contributed by atoms with Gasteiger partial charge in [0.1, 0.15) is 0 Å².